The topological polar surface area (TPSA) is 27.0 Å². The Hall–Kier alpha value is -1.01. The van der Waals surface area contributed by atoms with Crippen LogP contribution in [0.3, 0.4) is 0 Å². The van der Waals surface area contributed by atoms with E-state index in [1.165, 1.54) is 10.4 Å². The minimum absolute atomic E-state index is 0.736. The van der Waals surface area contributed by atoms with Gasteiger partial charge in [-0.3, -0.25) is 0 Å². The van der Waals surface area contributed by atoms with Gasteiger partial charge in [0.05, 0.1) is 6.54 Å². The first-order chi connectivity index (χ1) is 5.24. The highest BCUT2D eigenvalue weighted by Gasteiger charge is 2.01. The molecule has 0 radical (unpaired) electrons. The monoisotopic (exact) mass is 166 g/mol. The van der Waals surface area contributed by atoms with E-state index in [1.807, 2.05) is 0 Å². The summed E-state index contributed by atoms with van der Waals surface area (Å²) in [6, 6.07) is 2.07. The van der Waals surface area contributed by atoms with Crippen molar-refractivity contribution in [2.45, 2.75) is 13.5 Å². The van der Waals surface area contributed by atoms with Gasteiger partial charge in [-0.05, 0) is 23.9 Å². The highest BCUT2D eigenvalue weighted by atomic mass is 32.1. The van der Waals surface area contributed by atoms with E-state index < -0.39 is 0 Å². The van der Waals surface area contributed by atoms with Crippen molar-refractivity contribution < 1.29 is 0 Å². The number of nitriles is 1. The molecule has 0 atom stereocenters. The third-order valence-corrected chi connectivity index (χ3v) is 2.53. The van der Waals surface area contributed by atoms with Crippen LogP contribution in [0, 0.1) is 18.4 Å². The average Bonchev–Trinajstić information content (AvgIpc) is 2.37. The Morgan fingerprint density at radius 1 is 1.73 bits per heavy atom. The zero-order valence-corrected chi connectivity index (χ0v) is 7.48. The molecule has 0 aliphatic rings. The predicted octanol–water partition coefficient (Wildman–Crippen LogP) is 1.97. The molecule has 2 nitrogen and oxygen atoms in total. The lowest BCUT2D eigenvalue weighted by Crippen LogP contribution is -2.09. The van der Waals surface area contributed by atoms with Crippen LogP contribution in [-0.2, 0) is 6.54 Å². The standard InChI is InChI=1S/C8H10N2S/c1-7-3-4-11-8(7)5-10(2)6-9/h3-4H,5H2,1-2H3. The Morgan fingerprint density at radius 2 is 2.45 bits per heavy atom. The van der Waals surface area contributed by atoms with Crippen LogP contribution < -0.4 is 0 Å². The zero-order chi connectivity index (χ0) is 8.27. The Morgan fingerprint density at radius 3 is 2.91 bits per heavy atom. The molecule has 0 unspecified atom stereocenters. The van der Waals surface area contributed by atoms with Crippen LogP contribution >= 0.6 is 11.3 Å². The van der Waals surface area contributed by atoms with E-state index in [4.69, 9.17) is 5.26 Å². The summed E-state index contributed by atoms with van der Waals surface area (Å²) < 4.78 is 0. The van der Waals surface area contributed by atoms with E-state index >= 15 is 0 Å². The number of rotatable bonds is 2. The summed E-state index contributed by atoms with van der Waals surface area (Å²) in [5, 5.41) is 10.6. The van der Waals surface area contributed by atoms with Crippen LogP contribution in [-0.4, -0.2) is 11.9 Å². The molecule has 1 aromatic heterocycles. The lowest BCUT2D eigenvalue weighted by molar-refractivity contribution is 0.473. The molecular weight excluding hydrogens is 156 g/mol. The van der Waals surface area contributed by atoms with Crippen LogP contribution in [0.1, 0.15) is 10.4 Å². The first-order valence-corrected chi connectivity index (χ1v) is 4.26. The van der Waals surface area contributed by atoms with Crippen LogP contribution in [0.5, 0.6) is 0 Å². The number of hydrogen-bond donors (Lipinski definition) is 0. The van der Waals surface area contributed by atoms with Gasteiger partial charge in [0.25, 0.3) is 0 Å². The maximum absolute atomic E-state index is 8.51. The van der Waals surface area contributed by atoms with E-state index in [0.717, 1.165) is 6.54 Å². The average molecular weight is 166 g/mol. The van der Waals surface area contributed by atoms with Gasteiger partial charge in [-0.2, -0.15) is 5.26 Å². The van der Waals surface area contributed by atoms with Gasteiger partial charge in [0.2, 0.25) is 0 Å². The van der Waals surface area contributed by atoms with Gasteiger partial charge < -0.3 is 4.90 Å². The predicted molar refractivity (Wildman–Crippen MR) is 46.1 cm³/mol. The summed E-state index contributed by atoms with van der Waals surface area (Å²) in [4.78, 5) is 2.90. The fraction of sp³-hybridized carbons (Fsp3) is 0.375. The van der Waals surface area contributed by atoms with Crippen molar-refractivity contribution in [2.24, 2.45) is 0 Å². The molecule has 1 rings (SSSR count). The molecule has 0 fully saturated rings. The zero-order valence-electron chi connectivity index (χ0n) is 6.66. The fourth-order valence-electron chi connectivity index (χ4n) is 0.817. The van der Waals surface area contributed by atoms with Crippen molar-refractivity contribution >= 4 is 11.3 Å². The van der Waals surface area contributed by atoms with Crippen LogP contribution in [0.25, 0.3) is 0 Å². The SMILES string of the molecule is Cc1ccsc1CN(C)C#N. The van der Waals surface area contributed by atoms with Crippen molar-refractivity contribution in [3.8, 4) is 6.19 Å². The van der Waals surface area contributed by atoms with Gasteiger partial charge in [0.15, 0.2) is 6.19 Å². The third kappa shape index (κ3) is 1.95. The van der Waals surface area contributed by atoms with Gasteiger partial charge in [0, 0.05) is 11.9 Å². The summed E-state index contributed by atoms with van der Waals surface area (Å²) in [5.74, 6) is 0. The van der Waals surface area contributed by atoms with Gasteiger partial charge in [-0.15, -0.1) is 11.3 Å². The van der Waals surface area contributed by atoms with Crippen LogP contribution in [0.2, 0.25) is 0 Å². The highest BCUT2D eigenvalue weighted by molar-refractivity contribution is 7.10. The lowest BCUT2D eigenvalue weighted by Gasteiger charge is -2.06. The quantitative estimate of drug-likeness (QED) is 0.496. The maximum atomic E-state index is 8.51. The highest BCUT2D eigenvalue weighted by Crippen LogP contribution is 2.16. The molecular formula is C8H10N2S. The summed E-state index contributed by atoms with van der Waals surface area (Å²) in [5.41, 5.74) is 1.28. The molecule has 0 aliphatic carbocycles. The number of aryl methyl sites for hydroxylation is 1. The summed E-state index contributed by atoms with van der Waals surface area (Å²) in [6.45, 7) is 2.80. The third-order valence-electron chi connectivity index (χ3n) is 1.52. The van der Waals surface area contributed by atoms with Gasteiger partial charge in [0.1, 0.15) is 0 Å². The Balaban J connectivity index is 2.66. The van der Waals surface area contributed by atoms with Gasteiger partial charge >= 0.3 is 0 Å². The molecule has 0 saturated heterocycles. The molecule has 0 aliphatic heterocycles. The van der Waals surface area contributed by atoms with Gasteiger partial charge in [-0.1, -0.05) is 0 Å². The van der Waals surface area contributed by atoms with E-state index in [9.17, 15) is 0 Å². The fourth-order valence-corrected chi connectivity index (χ4v) is 1.78. The van der Waals surface area contributed by atoms with Crippen molar-refractivity contribution in [1.82, 2.24) is 4.90 Å². The molecule has 0 spiro atoms. The number of hydrogen-bond acceptors (Lipinski definition) is 3. The summed E-state index contributed by atoms with van der Waals surface area (Å²) >= 11 is 1.70. The normalized spacial score (nSPS) is 9.18. The second-order valence-corrected chi connectivity index (χ2v) is 3.48. The second kappa shape index (κ2) is 3.40. The molecule has 3 heteroatoms. The Labute approximate surface area is 70.7 Å². The summed E-state index contributed by atoms with van der Waals surface area (Å²) in [7, 11) is 1.79. The van der Waals surface area contributed by atoms with Crippen LogP contribution in [0.15, 0.2) is 11.4 Å². The molecule has 0 amide bonds. The second-order valence-electron chi connectivity index (χ2n) is 2.48. The molecule has 0 bridgehead atoms. The molecule has 0 N–H and O–H groups in total. The minimum atomic E-state index is 0.736. The number of thiophene rings is 1. The van der Waals surface area contributed by atoms with Gasteiger partial charge in [-0.25, -0.2) is 0 Å². The Bertz CT molecular complexity index is 272. The number of nitrogens with zero attached hydrogens (tertiary/aromatic N) is 2. The van der Waals surface area contributed by atoms with Crippen molar-refractivity contribution in [1.29, 1.82) is 5.26 Å². The smallest absolute Gasteiger partial charge is 0.179 e. The molecule has 1 heterocycles. The van der Waals surface area contributed by atoms with Crippen molar-refractivity contribution in [2.75, 3.05) is 7.05 Å². The van der Waals surface area contributed by atoms with E-state index in [0.29, 0.717) is 0 Å². The van der Waals surface area contributed by atoms with E-state index in [1.54, 1.807) is 23.3 Å². The molecule has 0 aromatic carbocycles. The first kappa shape index (κ1) is 8.09. The molecule has 1 aromatic rings. The van der Waals surface area contributed by atoms with Crippen LogP contribution in [0.4, 0.5) is 0 Å². The largest absolute Gasteiger partial charge is 0.308 e. The Kier molecular flexibility index (Phi) is 2.50. The first-order valence-electron chi connectivity index (χ1n) is 3.38. The van der Waals surface area contributed by atoms with E-state index in [2.05, 4.69) is 24.6 Å². The van der Waals surface area contributed by atoms with E-state index in [-0.39, 0.29) is 0 Å². The lowest BCUT2D eigenvalue weighted by atomic mass is 10.3. The molecule has 0 saturated carbocycles. The van der Waals surface area contributed by atoms with Crippen molar-refractivity contribution in [3.05, 3.63) is 21.9 Å². The van der Waals surface area contributed by atoms with Crippen molar-refractivity contribution in [3.63, 3.8) is 0 Å². The summed E-state index contributed by atoms with van der Waals surface area (Å²) in [6.07, 6.45) is 2.07. The molecule has 11 heavy (non-hydrogen) atoms. The molecule has 58 valence electrons. The maximum Gasteiger partial charge on any atom is 0.179 e. The minimum Gasteiger partial charge on any atom is -0.308 e.